The average molecular weight is 570 g/mol. The van der Waals surface area contributed by atoms with Gasteiger partial charge < -0.3 is 15.4 Å². The van der Waals surface area contributed by atoms with Gasteiger partial charge in [-0.25, -0.2) is 4.79 Å². The molecule has 0 bridgehead atoms. The Morgan fingerprint density at radius 2 is 1.66 bits per heavy atom. The number of amides is 2. The van der Waals surface area contributed by atoms with E-state index in [0.717, 1.165) is 17.4 Å². The van der Waals surface area contributed by atoms with E-state index in [9.17, 15) is 14.4 Å². The second kappa shape index (κ2) is 12.6. The molecule has 0 aliphatic rings. The summed E-state index contributed by atoms with van der Waals surface area (Å²) < 4.78 is 6.48. The molecule has 9 nitrogen and oxygen atoms in total. The van der Waals surface area contributed by atoms with Crippen molar-refractivity contribution in [1.82, 2.24) is 20.1 Å². The minimum absolute atomic E-state index is 0.0130. The van der Waals surface area contributed by atoms with E-state index in [1.807, 2.05) is 30.3 Å². The third-order valence-electron chi connectivity index (χ3n) is 5.22. The van der Waals surface area contributed by atoms with Crippen molar-refractivity contribution in [2.45, 2.75) is 11.7 Å². The number of hydrogen-bond acceptors (Lipinski definition) is 7. The van der Waals surface area contributed by atoms with Gasteiger partial charge in [-0.1, -0.05) is 53.2 Å². The molecule has 0 aliphatic carbocycles. The van der Waals surface area contributed by atoms with E-state index in [1.165, 1.54) is 25.3 Å². The highest BCUT2D eigenvalue weighted by atomic mass is 35.5. The quantitative estimate of drug-likeness (QED) is 0.215. The van der Waals surface area contributed by atoms with Gasteiger partial charge in [0.25, 0.3) is 5.91 Å². The Balaban J connectivity index is 1.48. The Morgan fingerprint density at radius 3 is 2.37 bits per heavy atom. The molecule has 0 atom stereocenters. The monoisotopic (exact) mass is 569 g/mol. The Morgan fingerprint density at radius 1 is 0.947 bits per heavy atom. The van der Waals surface area contributed by atoms with Gasteiger partial charge in [0.05, 0.1) is 35.7 Å². The summed E-state index contributed by atoms with van der Waals surface area (Å²) in [4.78, 5) is 37.1. The molecule has 1 aromatic heterocycles. The molecule has 0 fully saturated rings. The largest absolute Gasteiger partial charge is 0.465 e. The number of nitrogens with zero attached hydrogens (tertiary/aromatic N) is 3. The number of carbonyl (C=O) groups excluding carboxylic acids is 3. The van der Waals surface area contributed by atoms with Crippen molar-refractivity contribution >= 4 is 58.4 Å². The molecule has 0 unspecified atom stereocenters. The molecule has 38 heavy (non-hydrogen) atoms. The molecule has 4 rings (SSSR count). The number of anilines is 1. The fraction of sp³-hybridized carbons (Fsp3) is 0.115. The second-order valence-electron chi connectivity index (χ2n) is 7.78. The molecule has 1 heterocycles. The van der Waals surface area contributed by atoms with Gasteiger partial charge in [-0.15, -0.1) is 10.2 Å². The first-order chi connectivity index (χ1) is 18.4. The fourth-order valence-electron chi connectivity index (χ4n) is 3.39. The first-order valence-corrected chi connectivity index (χ1v) is 12.9. The summed E-state index contributed by atoms with van der Waals surface area (Å²) in [6, 6.07) is 20.4. The van der Waals surface area contributed by atoms with Gasteiger partial charge in [-0.2, -0.15) is 0 Å². The molecule has 2 amide bonds. The molecule has 12 heteroatoms. The van der Waals surface area contributed by atoms with E-state index in [0.29, 0.717) is 21.6 Å². The van der Waals surface area contributed by atoms with Gasteiger partial charge in [0.2, 0.25) is 5.91 Å². The summed E-state index contributed by atoms with van der Waals surface area (Å²) in [5.41, 5.74) is 1.77. The van der Waals surface area contributed by atoms with Crippen LogP contribution in [0.2, 0.25) is 10.0 Å². The summed E-state index contributed by atoms with van der Waals surface area (Å²) >= 11 is 13.2. The Labute approximate surface area is 232 Å². The zero-order chi connectivity index (χ0) is 27.1. The average Bonchev–Trinajstić information content (AvgIpc) is 3.35. The van der Waals surface area contributed by atoms with Crippen molar-refractivity contribution in [3.05, 3.63) is 99.8 Å². The van der Waals surface area contributed by atoms with Crippen LogP contribution >= 0.6 is 35.0 Å². The van der Waals surface area contributed by atoms with E-state index in [4.69, 9.17) is 27.9 Å². The van der Waals surface area contributed by atoms with E-state index in [-0.39, 0.29) is 40.4 Å². The smallest absolute Gasteiger partial charge is 0.337 e. The topological polar surface area (TPSA) is 115 Å². The third kappa shape index (κ3) is 6.71. The number of thioether (sulfide) groups is 1. The van der Waals surface area contributed by atoms with Gasteiger partial charge >= 0.3 is 5.97 Å². The van der Waals surface area contributed by atoms with Crippen molar-refractivity contribution in [3.8, 4) is 5.69 Å². The van der Waals surface area contributed by atoms with Crippen molar-refractivity contribution in [2.75, 3.05) is 18.2 Å². The van der Waals surface area contributed by atoms with Gasteiger partial charge in [0.15, 0.2) is 11.0 Å². The molecular formula is C26H21Cl2N5O4S. The Kier molecular flexibility index (Phi) is 9.01. The number of aromatic nitrogens is 3. The van der Waals surface area contributed by atoms with Crippen LogP contribution in [0.25, 0.3) is 5.69 Å². The van der Waals surface area contributed by atoms with Crippen LogP contribution in [-0.2, 0) is 16.1 Å². The molecule has 3 aromatic carbocycles. The zero-order valence-electron chi connectivity index (χ0n) is 20.0. The number of rotatable bonds is 9. The predicted molar refractivity (Wildman–Crippen MR) is 146 cm³/mol. The highest BCUT2D eigenvalue weighted by molar-refractivity contribution is 7.99. The fourth-order valence-corrected chi connectivity index (χ4v) is 4.45. The van der Waals surface area contributed by atoms with E-state index in [1.54, 1.807) is 28.8 Å². The molecular weight excluding hydrogens is 549 g/mol. The molecule has 0 saturated carbocycles. The van der Waals surface area contributed by atoms with Crippen LogP contribution in [0.1, 0.15) is 26.5 Å². The lowest BCUT2D eigenvalue weighted by Crippen LogP contribution is -2.24. The SMILES string of the molecule is COC(=O)c1ccc(Cl)c(NC(=O)CSc2nnc(CNC(=O)c3ccc(Cl)cc3)n2-c2ccccc2)c1. The van der Waals surface area contributed by atoms with Crippen molar-refractivity contribution in [3.63, 3.8) is 0 Å². The lowest BCUT2D eigenvalue weighted by atomic mass is 10.2. The summed E-state index contributed by atoms with van der Waals surface area (Å²) in [5, 5.41) is 15.3. The molecule has 4 aromatic rings. The van der Waals surface area contributed by atoms with Crippen LogP contribution in [0.3, 0.4) is 0 Å². The zero-order valence-corrected chi connectivity index (χ0v) is 22.3. The van der Waals surface area contributed by atoms with Gasteiger partial charge in [0.1, 0.15) is 0 Å². The molecule has 0 spiro atoms. The molecule has 194 valence electrons. The van der Waals surface area contributed by atoms with Gasteiger partial charge in [-0.3, -0.25) is 14.2 Å². The number of para-hydroxylation sites is 1. The first kappa shape index (κ1) is 27.2. The number of nitrogens with one attached hydrogen (secondary N) is 2. The highest BCUT2D eigenvalue weighted by Crippen LogP contribution is 2.26. The summed E-state index contributed by atoms with van der Waals surface area (Å²) in [6.45, 7) is 0.103. The van der Waals surface area contributed by atoms with E-state index >= 15 is 0 Å². The highest BCUT2D eigenvalue weighted by Gasteiger charge is 2.18. The van der Waals surface area contributed by atoms with Crippen LogP contribution in [0, 0.1) is 0 Å². The minimum atomic E-state index is -0.543. The number of methoxy groups -OCH3 is 1. The maximum absolute atomic E-state index is 12.7. The van der Waals surface area contributed by atoms with Crippen LogP contribution in [0.4, 0.5) is 5.69 Å². The summed E-state index contributed by atoms with van der Waals surface area (Å²) in [7, 11) is 1.27. The first-order valence-electron chi connectivity index (χ1n) is 11.2. The lowest BCUT2D eigenvalue weighted by Gasteiger charge is -2.12. The maximum atomic E-state index is 12.7. The summed E-state index contributed by atoms with van der Waals surface area (Å²) in [6.07, 6.45) is 0. The third-order valence-corrected chi connectivity index (χ3v) is 6.73. The summed E-state index contributed by atoms with van der Waals surface area (Å²) in [5.74, 6) is -0.725. The number of esters is 1. The second-order valence-corrected chi connectivity index (χ2v) is 9.57. The maximum Gasteiger partial charge on any atom is 0.337 e. The normalized spacial score (nSPS) is 10.6. The van der Waals surface area contributed by atoms with Gasteiger partial charge in [-0.05, 0) is 54.6 Å². The van der Waals surface area contributed by atoms with Crippen molar-refractivity contribution < 1.29 is 19.1 Å². The van der Waals surface area contributed by atoms with Gasteiger partial charge in [0, 0.05) is 16.3 Å². The predicted octanol–water partition coefficient (Wildman–Crippen LogP) is 5.02. The molecule has 0 aliphatic heterocycles. The van der Waals surface area contributed by atoms with Crippen LogP contribution in [-0.4, -0.2) is 45.4 Å². The number of ether oxygens (including phenoxy) is 1. The number of carbonyl (C=O) groups is 3. The number of benzene rings is 3. The van der Waals surface area contributed by atoms with Crippen molar-refractivity contribution in [1.29, 1.82) is 0 Å². The lowest BCUT2D eigenvalue weighted by molar-refractivity contribution is -0.113. The molecule has 0 saturated heterocycles. The van der Waals surface area contributed by atoms with E-state index in [2.05, 4.69) is 20.8 Å². The van der Waals surface area contributed by atoms with Crippen LogP contribution in [0.5, 0.6) is 0 Å². The number of halogens is 2. The van der Waals surface area contributed by atoms with Crippen LogP contribution < -0.4 is 10.6 Å². The standard InChI is InChI=1S/C26H21Cl2N5O4S/c1-37-25(36)17-9-12-20(28)21(13-17)30-23(34)15-38-26-32-31-22(33(26)19-5-3-2-4-6-19)14-29-24(35)16-7-10-18(27)11-8-16/h2-13H,14-15H2,1H3,(H,29,35)(H,30,34). The minimum Gasteiger partial charge on any atom is -0.465 e. The van der Waals surface area contributed by atoms with Crippen LogP contribution in [0.15, 0.2) is 78.0 Å². The van der Waals surface area contributed by atoms with Crippen molar-refractivity contribution in [2.24, 2.45) is 0 Å². The molecule has 2 N–H and O–H groups in total. The Hall–Kier alpha value is -3.86. The van der Waals surface area contributed by atoms with E-state index < -0.39 is 5.97 Å². The number of hydrogen-bond donors (Lipinski definition) is 2. The molecule has 0 radical (unpaired) electrons. The Bertz CT molecular complexity index is 1460.